The van der Waals surface area contributed by atoms with Gasteiger partial charge in [0.05, 0.1) is 5.56 Å². The number of hydrogen-bond donors (Lipinski definition) is 0. The highest BCUT2D eigenvalue weighted by Crippen LogP contribution is 2.23. The number of ketones is 1. The molecule has 0 bridgehead atoms. The molecule has 17 heavy (non-hydrogen) atoms. The molecule has 0 unspecified atom stereocenters. The highest BCUT2D eigenvalue weighted by atomic mass is 16.3. The van der Waals surface area contributed by atoms with Crippen LogP contribution in [0.25, 0.3) is 0 Å². The Labute approximate surface area is 100 Å². The Balaban J connectivity index is 2.51. The quantitative estimate of drug-likeness (QED) is 0.764. The predicted octanol–water partition coefficient (Wildman–Crippen LogP) is 2.65. The van der Waals surface area contributed by atoms with Crippen LogP contribution in [0, 0.1) is 20.8 Å². The van der Waals surface area contributed by atoms with Gasteiger partial charge in [-0.2, -0.15) is 0 Å². The van der Waals surface area contributed by atoms with Gasteiger partial charge < -0.3 is 8.98 Å². The Morgan fingerprint density at radius 1 is 1.35 bits per heavy atom. The summed E-state index contributed by atoms with van der Waals surface area (Å²) in [4.78, 5) is 16.5. The van der Waals surface area contributed by atoms with Gasteiger partial charge in [-0.15, -0.1) is 0 Å². The second-order valence-corrected chi connectivity index (χ2v) is 4.08. The van der Waals surface area contributed by atoms with E-state index >= 15 is 0 Å². The fourth-order valence-electron chi connectivity index (χ4n) is 2.01. The van der Waals surface area contributed by atoms with Crippen molar-refractivity contribution in [1.29, 1.82) is 0 Å². The minimum atomic E-state index is -0.0660. The lowest BCUT2D eigenvalue weighted by molar-refractivity contribution is 0.102. The number of nitrogens with zero attached hydrogens (tertiary/aromatic N) is 2. The van der Waals surface area contributed by atoms with Gasteiger partial charge in [0.15, 0.2) is 5.82 Å². The summed E-state index contributed by atoms with van der Waals surface area (Å²) in [6.07, 6.45) is 3.46. The number of furan rings is 1. The van der Waals surface area contributed by atoms with Crippen LogP contribution in [0.2, 0.25) is 0 Å². The van der Waals surface area contributed by atoms with Crippen molar-refractivity contribution in [3.05, 3.63) is 40.9 Å². The first-order chi connectivity index (χ1) is 8.06. The topological polar surface area (TPSA) is 48.0 Å². The number of aromatic nitrogens is 2. The summed E-state index contributed by atoms with van der Waals surface area (Å²) >= 11 is 0. The summed E-state index contributed by atoms with van der Waals surface area (Å²) in [5.74, 6) is 1.86. The third kappa shape index (κ3) is 1.79. The van der Waals surface area contributed by atoms with E-state index in [2.05, 4.69) is 4.98 Å². The molecule has 4 nitrogen and oxygen atoms in total. The van der Waals surface area contributed by atoms with Crippen LogP contribution < -0.4 is 0 Å². The second kappa shape index (κ2) is 4.20. The minimum Gasteiger partial charge on any atom is -0.466 e. The number of imidazole rings is 1. The molecule has 4 heteroatoms. The maximum absolute atomic E-state index is 12.4. The number of carbonyl (C=O) groups is 1. The zero-order chi connectivity index (χ0) is 12.6. The average molecular weight is 232 g/mol. The molecule has 0 aliphatic heterocycles. The van der Waals surface area contributed by atoms with Gasteiger partial charge in [0.1, 0.15) is 11.5 Å². The van der Waals surface area contributed by atoms with Crippen LogP contribution in [-0.4, -0.2) is 15.3 Å². The molecule has 0 aliphatic carbocycles. The molecule has 0 N–H and O–H groups in total. The van der Waals surface area contributed by atoms with Gasteiger partial charge in [-0.3, -0.25) is 4.79 Å². The largest absolute Gasteiger partial charge is 0.466 e. The van der Waals surface area contributed by atoms with Crippen molar-refractivity contribution in [2.75, 3.05) is 0 Å². The van der Waals surface area contributed by atoms with E-state index in [-0.39, 0.29) is 5.78 Å². The first-order valence-corrected chi connectivity index (χ1v) is 5.68. The molecule has 0 radical (unpaired) electrons. The maximum atomic E-state index is 12.4. The highest BCUT2D eigenvalue weighted by Gasteiger charge is 2.22. The maximum Gasteiger partial charge on any atom is 0.232 e. The first-order valence-electron chi connectivity index (χ1n) is 5.68. The zero-order valence-corrected chi connectivity index (χ0v) is 10.6. The lowest BCUT2D eigenvalue weighted by atomic mass is 10.1. The molecular formula is C13H16N2O2. The van der Waals surface area contributed by atoms with Gasteiger partial charge in [-0.25, -0.2) is 4.98 Å². The summed E-state index contributed by atoms with van der Waals surface area (Å²) in [5, 5.41) is 0. The number of carbonyl (C=O) groups excluding carboxylic acids is 1. The SMILES string of the molecule is CCn1ccnc1C(=O)c1c(C)oc(C)c1C. The summed E-state index contributed by atoms with van der Waals surface area (Å²) in [5.41, 5.74) is 1.54. The van der Waals surface area contributed by atoms with Crippen LogP contribution >= 0.6 is 0 Å². The molecule has 0 spiro atoms. The Hall–Kier alpha value is -1.84. The lowest BCUT2D eigenvalue weighted by Gasteiger charge is -2.03. The minimum absolute atomic E-state index is 0.0660. The molecular weight excluding hydrogens is 216 g/mol. The van der Waals surface area contributed by atoms with E-state index in [1.165, 1.54) is 0 Å². The highest BCUT2D eigenvalue weighted by molar-refractivity contribution is 6.08. The molecule has 0 fully saturated rings. The zero-order valence-electron chi connectivity index (χ0n) is 10.6. The van der Waals surface area contributed by atoms with E-state index in [0.29, 0.717) is 17.1 Å². The number of hydrogen-bond acceptors (Lipinski definition) is 3. The van der Waals surface area contributed by atoms with Crippen LogP contribution in [0.15, 0.2) is 16.8 Å². The molecule has 0 aliphatic rings. The fourth-order valence-corrected chi connectivity index (χ4v) is 2.01. The average Bonchev–Trinajstić information content (AvgIpc) is 2.84. The van der Waals surface area contributed by atoms with E-state index in [9.17, 15) is 4.79 Å². The van der Waals surface area contributed by atoms with Crippen molar-refractivity contribution in [3.63, 3.8) is 0 Å². The standard InChI is InChI=1S/C13H16N2O2/c1-5-15-7-6-14-13(15)12(16)11-8(2)9(3)17-10(11)4/h6-7H,5H2,1-4H3. The molecule has 0 amide bonds. The van der Waals surface area contributed by atoms with Gasteiger partial charge in [0, 0.05) is 24.5 Å². The van der Waals surface area contributed by atoms with Gasteiger partial charge >= 0.3 is 0 Å². The molecule has 2 aromatic heterocycles. The summed E-state index contributed by atoms with van der Waals surface area (Å²) in [7, 11) is 0. The predicted molar refractivity (Wildman–Crippen MR) is 64.3 cm³/mol. The molecule has 0 atom stereocenters. The van der Waals surface area contributed by atoms with Crippen LogP contribution in [0.3, 0.4) is 0 Å². The van der Waals surface area contributed by atoms with Crippen molar-refractivity contribution in [2.45, 2.75) is 34.2 Å². The summed E-state index contributed by atoms with van der Waals surface area (Å²) in [6, 6.07) is 0. The van der Waals surface area contributed by atoms with Crippen molar-refractivity contribution in [2.24, 2.45) is 0 Å². The molecule has 0 saturated heterocycles. The Morgan fingerprint density at radius 3 is 2.59 bits per heavy atom. The molecule has 90 valence electrons. The van der Waals surface area contributed by atoms with Gasteiger partial charge in [0.2, 0.25) is 5.78 Å². The van der Waals surface area contributed by atoms with E-state index in [0.717, 1.165) is 17.9 Å². The summed E-state index contributed by atoms with van der Waals surface area (Å²) in [6.45, 7) is 8.30. The summed E-state index contributed by atoms with van der Waals surface area (Å²) < 4.78 is 7.32. The number of aryl methyl sites for hydroxylation is 3. The van der Waals surface area contributed by atoms with E-state index in [1.807, 2.05) is 38.5 Å². The van der Waals surface area contributed by atoms with Crippen molar-refractivity contribution >= 4 is 5.78 Å². The van der Waals surface area contributed by atoms with Gasteiger partial charge in [-0.1, -0.05) is 0 Å². The Kier molecular flexibility index (Phi) is 2.88. The number of rotatable bonds is 3. The smallest absolute Gasteiger partial charge is 0.232 e. The van der Waals surface area contributed by atoms with E-state index in [4.69, 9.17) is 4.42 Å². The lowest BCUT2D eigenvalue weighted by Crippen LogP contribution is -2.11. The monoisotopic (exact) mass is 232 g/mol. The fraction of sp³-hybridized carbons (Fsp3) is 0.385. The second-order valence-electron chi connectivity index (χ2n) is 4.08. The van der Waals surface area contributed by atoms with Gasteiger partial charge in [0.25, 0.3) is 0 Å². The third-order valence-electron chi connectivity index (χ3n) is 3.05. The van der Waals surface area contributed by atoms with Crippen LogP contribution in [0.4, 0.5) is 0 Å². The molecule has 0 saturated carbocycles. The third-order valence-corrected chi connectivity index (χ3v) is 3.05. The molecule has 2 rings (SSSR count). The molecule has 0 aromatic carbocycles. The Bertz CT molecular complexity index is 564. The normalized spacial score (nSPS) is 10.8. The van der Waals surface area contributed by atoms with Crippen LogP contribution in [0.5, 0.6) is 0 Å². The molecule has 2 aromatic rings. The van der Waals surface area contributed by atoms with Gasteiger partial charge in [-0.05, 0) is 27.7 Å². The van der Waals surface area contributed by atoms with Crippen molar-refractivity contribution < 1.29 is 9.21 Å². The Morgan fingerprint density at radius 2 is 2.06 bits per heavy atom. The first kappa shape index (κ1) is 11.6. The van der Waals surface area contributed by atoms with Crippen molar-refractivity contribution in [3.8, 4) is 0 Å². The van der Waals surface area contributed by atoms with Crippen LogP contribution in [-0.2, 0) is 6.54 Å². The van der Waals surface area contributed by atoms with Crippen molar-refractivity contribution in [1.82, 2.24) is 9.55 Å². The molecule has 2 heterocycles. The van der Waals surface area contributed by atoms with E-state index in [1.54, 1.807) is 6.20 Å². The van der Waals surface area contributed by atoms with E-state index < -0.39 is 0 Å². The van der Waals surface area contributed by atoms with Crippen LogP contribution in [0.1, 0.15) is 40.2 Å².